The molecule has 0 aliphatic carbocycles. The van der Waals surface area contributed by atoms with Crippen molar-refractivity contribution in [1.29, 1.82) is 0 Å². The number of carbonyl (C=O) groups excluding carboxylic acids is 6. The number of nitrogens with zero attached hydrogens (tertiary/aromatic N) is 3. The van der Waals surface area contributed by atoms with Gasteiger partial charge < -0.3 is 43.3 Å². The van der Waals surface area contributed by atoms with Gasteiger partial charge in [0.1, 0.15) is 0 Å². The fraction of sp³-hybridized carbons (Fsp3) is 0.667. The largest absolute Gasteiger partial charge is 0.520 e. The van der Waals surface area contributed by atoms with Crippen LogP contribution in [0.2, 0.25) is 0 Å². The molecular formula is C18H32N3O9Y6-3. The first kappa shape index (κ1) is 62.9. The summed E-state index contributed by atoms with van der Waals surface area (Å²) in [4.78, 5) is 65.2. The zero-order valence-electron chi connectivity index (χ0n) is 22.2. The first-order chi connectivity index (χ1) is 13.9. The molecule has 0 heterocycles. The van der Waals surface area contributed by atoms with Crippen molar-refractivity contribution in [3.8, 4) is 0 Å². The zero-order chi connectivity index (χ0) is 24.4. The van der Waals surface area contributed by atoms with Gasteiger partial charge in [-0.05, 0) is 41.9 Å². The van der Waals surface area contributed by atoms with Crippen LogP contribution < -0.4 is 0 Å². The third-order valence-electron chi connectivity index (χ3n) is 3.80. The van der Waals surface area contributed by atoms with E-state index in [2.05, 4.69) is 14.2 Å². The molecule has 0 aromatic carbocycles. The van der Waals surface area contributed by atoms with Crippen molar-refractivity contribution >= 4 is 37.1 Å². The molecule has 0 saturated carbocycles. The molecule has 36 heavy (non-hydrogen) atoms. The third-order valence-corrected chi connectivity index (χ3v) is 3.80. The van der Waals surface area contributed by atoms with Crippen LogP contribution in [0.4, 0.5) is 0 Å². The number of ether oxygens (including phenoxy) is 3. The predicted octanol–water partition coefficient (Wildman–Crippen LogP) is -1.13. The molecule has 6 radical (unpaired) electrons. The standard InChI is InChI=1S/3C6H10NO3.6Y.H2/c3*1-5(6(9)10-3)7(2)4-8;;;;;;;/h3*5H,1-3H3;;;;;;;1H/q3*-1;;;;;;;/t2*5-;;;;;;;;/m10......../s1/i;;;;;;;;;1+1. The second kappa shape index (κ2) is 40.6. The third kappa shape index (κ3) is 32.0. The Hall–Kier alpha value is 3.44. The maximum Gasteiger partial charge on any atom is 0.325 e. The van der Waals surface area contributed by atoms with Crippen molar-refractivity contribution < 1.29 is 241 Å². The van der Waals surface area contributed by atoms with E-state index in [1.54, 1.807) is 40.0 Å². The topological polar surface area (TPSA) is 140 Å². The van der Waals surface area contributed by atoms with Crippen molar-refractivity contribution in [2.45, 2.75) is 38.9 Å². The van der Waals surface area contributed by atoms with Crippen LogP contribution in [0, 0.1) is 0 Å². The second-order valence-electron chi connectivity index (χ2n) is 5.70. The van der Waals surface area contributed by atoms with Gasteiger partial charge in [-0.1, -0.05) is 0 Å². The fourth-order valence-corrected chi connectivity index (χ4v) is 1.22. The van der Waals surface area contributed by atoms with Crippen LogP contribution in [-0.2, 0) is 239 Å². The van der Waals surface area contributed by atoms with E-state index in [0.29, 0.717) is 0 Å². The summed E-state index contributed by atoms with van der Waals surface area (Å²) in [6, 6.07) is -1.66. The molecule has 0 N–H and O–H groups in total. The molecular weight excluding hydrogens is 936 g/mol. The molecule has 12 nitrogen and oxygen atoms in total. The van der Waals surface area contributed by atoms with Crippen molar-refractivity contribution in [3.63, 3.8) is 0 Å². The van der Waals surface area contributed by atoms with E-state index in [-0.39, 0.29) is 198 Å². The maximum atomic E-state index is 10.7. The van der Waals surface area contributed by atoms with Gasteiger partial charge in [0.05, 0.1) is 39.5 Å². The Morgan fingerprint density at radius 2 is 0.667 bits per heavy atom. The number of hydrogen-bond donors (Lipinski definition) is 0. The number of likely N-dealkylation sites (N-methyl/N-ethyl adjacent to an activating group) is 3. The Kier molecular flexibility index (Phi) is 70.9. The van der Waals surface area contributed by atoms with Gasteiger partial charge in [-0.25, -0.2) is 14.4 Å². The van der Waals surface area contributed by atoms with Crippen LogP contribution in [0.5, 0.6) is 0 Å². The molecule has 0 aromatic rings. The van der Waals surface area contributed by atoms with Gasteiger partial charge in [0.2, 0.25) is 0 Å². The zero-order valence-corrected chi connectivity index (χ0v) is 39.2. The number of methoxy groups -OCH3 is 3. The summed E-state index contributed by atoms with van der Waals surface area (Å²) >= 11 is 0. The molecule has 1 unspecified atom stereocenters. The average molecular weight is 969 g/mol. The number of esters is 3. The first-order valence-electron chi connectivity index (χ1n) is 8.45. The van der Waals surface area contributed by atoms with E-state index >= 15 is 0 Å². The summed E-state index contributed by atoms with van der Waals surface area (Å²) < 4.78 is 13.1. The van der Waals surface area contributed by atoms with Gasteiger partial charge in [0, 0.05) is 198 Å². The van der Waals surface area contributed by atoms with Crippen LogP contribution in [0.1, 0.15) is 22.2 Å². The Bertz CT molecular complexity index is 511. The monoisotopic (exact) mass is 969 g/mol. The Morgan fingerprint density at radius 3 is 0.750 bits per heavy atom. The van der Waals surface area contributed by atoms with Gasteiger partial charge in [-0.15, -0.1) is 0 Å². The van der Waals surface area contributed by atoms with E-state index < -0.39 is 36.0 Å². The van der Waals surface area contributed by atoms with Gasteiger partial charge in [-0.3, -0.25) is 0 Å². The minimum atomic E-state index is -0.553. The molecule has 0 rings (SSSR count). The van der Waals surface area contributed by atoms with Gasteiger partial charge >= 0.3 is 17.9 Å². The van der Waals surface area contributed by atoms with Gasteiger partial charge in [0.25, 0.3) is 0 Å². The Labute approximate surface area is 366 Å². The van der Waals surface area contributed by atoms with Gasteiger partial charge in [0.15, 0.2) is 0 Å². The quantitative estimate of drug-likeness (QED) is 0.122. The molecule has 0 aliphatic heterocycles. The van der Waals surface area contributed by atoms with Crippen molar-refractivity contribution in [2.75, 3.05) is 42.5 Å². The summed E-state index contributed by atoms with van der Waals surface area (Å²) in [5.74, 6) is -1.32. The van der Waals surface area contributed by atoms with E-state index in [4.69, 9.17) is 0 Å². The number of rotatable bonds is 9. The molecule has 3 amide bonds. The molecule has 0 bridgehead atoms. The molecule has 0 fully saturated rings. The fourth-order valence-electron chi connectivity index (χ4n) is 1.22. The Balaban J connectivity index is -0.0000000337. The van der Waals surface area contributed by atoms with Crippen molar-refractivity contribution in [1.82, 2.24) is 14.7 Å². The number of carbonyl (C=O) groups is 3. The average Bonchev–Trinajstić information content (AvgIpc) is 2.79. The molecule has 18 heteroatoms. The molecule has 3 atom stereocenters. The normalized spacial score (nSPS) is 9.92. The molecule has 0 saturated heterocycles. The number of hydrogen-bond acceptors (Lipinski definition) is 9. The van der Waals surface area contributed by atoms with Gasteiger partial charge in [-0.2, -0.15) is 19.2 Å². The van der Waals surface area contributed by atoms with Crippen LogP contribution in [0.3, 0.4) is 0 Å². The summed E-state index contributed by atoms with van der Waals surface area (Å²) in [6.45, 7) is 4.70. The van der Waals surface area contributed by atoms with E-state index in [1.165, 1.54) is 42.5 Å². The van der Waals surface area contributed by atoms with Crippen molar-refractivity contribution in [3.05, 3.63) is 0 Å². The summed E-state index contributed by atoms with van der Waals surface area (Å²) in [5.41, 5.74) is 0. The molecule has 194 valence electrons. The summed E-state index contributed by atoms with van der Waals surface area (Å²) in [5, 5.41) is 0. The minimum absolute atomic E-state index is 0. The van der Waals surface area contributed by atoms with E-state index in [9.17, 15) is 28.8 Å². The minimum Gasteiger partial charge on any atom is -0.520 e. The van der Waals surface area contributed by atoms with Crippen LogP contribution in [-0.4, -0.2) is 112 Å². The van der Waals surface area contributed by atoms with Crippen molar-refractivity contribution in [2.24, 2.45) is 0 Å². The SMILES string of the molecule is COC(=O)C(C)N(C)[C-]=O.COC(=O)[C@@H](C)N(C)[C-]=O.COC(=O)[C@H](C)N(C)[C-]=O.[2HH].[Y].[Y].[Y].[Y].[Y].[Y]. The first-order valence-corrected chi connectivity index (χ1v) is 8.45. The van der Waals surface area contributed by atoms with Crippen LogP contribution in [0.25, 0.3) is 0 Å². The number of amides is 3. The smallest absolute Gasteiger partial charge is 0.325 e. The second-order valence-corrected chi connectivity index (χ2v) is 5.70. The van der Waals surface area contributed by atoms with E-state index in [0.717, 1.165) is 14.7 Å². The van der Waals surface area contributed by atoms with Crippen LogP contribution >= 0.6 is 0 Å². The molecule has 0 spiro atoms. The Morgan fingerprint density at radius 1 is 0.528 bits per heavy atom. The maximum absolute atomic E-state index is 10.7. The van der Waals surface area contributed by atoms with Crippen LogP contribution in [0.15, 0.2) is 0 Å². The predicted molar refractivity (Wildman–Crippen MR) is 107 cm³/mol. The summed E-state index contributed by atoms with van der Waals surface area (Å²) in [7, 11) is 8.23. The molecule has 0 aromatic heterocycles. The molecule has 0 aliphatic rings. The van der Waals surface area contributed by atoms with E-state index in [1.807, 2.05) is 0 Å². The summed E-state index contributed by atoms with van der Waals surface area (Å²) in [6.07, 6.45) is 4.69.